The van der Waals surface area contributed by atoms with Gasteiger partial charge in [0.25, 0.3) is 0 Å². The van der Waals surface area contributed by atoms with Crippen molar-refractivity contribution in [1.29, 1.82) is 0 Å². The van der Waals surface area contributed by atoms with Gasteiger partial charge in [0.2, 0.25) is 0 Å². The van der Waals surface area contributed by atoms with E-state index in [4.69, 9.17) is 16.2 Å². The smallest absolute Gasteiger partial charge is 0.281 e. The topological polar surface area (TPSA) is 54.4 Å². The second-order valence-electron chi connectivity index (χ2n) is 1.77. The molecule has 0 aliphatic heterocycles. The van der Waals surface area contributed by atoms with Gasteiger partial charge in [0.15, 0.2) is 15.2 Å². The third-order valence-electron chi connectivity index (χ3n) is 0.961. The first-order chi connectivity index (χ1) is 5.34. The third-order valence-corrected chi connectivity index (χ3v) is 3.68. The van der Waals surface area contributed by atoms with Crippen LogP contribution in [0.15, 0.2) is 4.21 Å². The van der Waals surface area contributed by atoms with Gasteiger partial charge in [0.05, 0.1) is 0 Å². The summed E-state index contributed by atoms with van der Waals surface area (Å²) < 4.78 is 52.9. The predicted octanol–water partition coefficient (Wildman–Crippen LogP) is 1.93. The summed E-state index contributed by atoms with van der Waals surface area (Å²) in [5, 5.41) is -2.10. The van der Waals surface area contributed by atoms with Crippen molar-refractivity contribution < 1.29 is 21.8 Å². The van der Waals surface area contributed by atoms with E-state index in [9.17, 15) is 17.2 Å². The van der Waals surface area contributed by atoms with Gasteiger partial charge in [0, 0.05) is 0 Å². The lowest BCUT2D eigenvalue weighted by molar-refractivity contribution is 0.478. The minimum atomic E-state index is -4.72. The van der Waals surface area contributed by atoms with Crippen molar-refractivity contribution >= 4 is 33.1 Å². The van der Waals surface area contributed by atoms with Crippen LogP contribution in [-0.2, 0) is 10.1 Å². The van der Waals surface area contributed by atoms with Crippen LogP contribution in [-0.4, -0.2) is 13.0 Å². The summed E-state index contributed by atoms with van der Waals surface area (Å²) in [4.78, 5) is 0. The van der Waals surface area contributed by atoms with Gasteiger partial charge in [-0.1, -0.05) is 22.9 Å². The first-order valence-corrected chi connectivity index (χ1v) is 5.08. The zero-order chi connectivity index (χ0) is 9.52. The van der Waals surface area contributed by atoms with Crippen LogP contribution in [0.4, 0.5) is 8.78 Å². The summed E-state index contributed by atoms with van der Waals surface area (Å²) in [7, 11) is -4.72. The molecular weight excluding hydrogens is 234 g/mol. The quantitative estimate of drug-likeness (QED) is 0.756. The first kappa shape index (κ1) is 9.85. The summed E-state index contributed by atoms with van der Waals surface area (Å²) >= 11 is 4.93. The molecule has 0 spiro atoms. The molecule has 68 valence electrons. The lowest BCUT2D eigenvalue weighted by Gasteiger charge is -1.88. The van der Waals surface area contributed by atoms with Crippen molar-refractivity contribution in [1.82, 2.24) is 0 Å². The molecule has 0 radical (unpaired) electrons. The molecule has 1 aromatic rings. The molecule has 1 N–H and O–H groups in total. The molecule has 8 heteroatoms. The molecule has 0 saturated heterocycles. The highest BCUT2D eigenvalue weighted by molar-refractivity contribution is 7.88. The van der Waals surface area contributed by atoms with E-state index in [0.29, 0.717) is 0 Å². The Morgan fingerprint density at radius 3 is 2.08 bits per heavy atom. The van der Waals surface area contributed by atoms with E-state index in [1.54, 1.807) is 0 Å². The fraction of sp³-hybridized carbons (Fsp3) is 0. The summed E-state index contributed by atoms with van der Waals surface area (Å²) in [5.41, 5.74) is 0. The predicted molar refractivity (Wildman–Crippen MR) is 39.1 cm³/mol. The van der Waals surface area contributed by atoms with Gasteiger partial charge in [-0.25, -0.2) is 4.39 Å². The summed E-state index contributed by atoms with van der Waals surface area (Å²) in [6, 6.07) is 0. The Labute approximate surface area is 75.3 Å². The Morgan fingerprint density at radius 1 is 1.42 bits per heavy atom. The van der Waals surface area contributed by atoms with Crippen molar-refractivity contribution in [2.45, 2.75) is 4.21 Å². The molecule has 0 bridgehead atoms. The SMILES string of the molecule is O=S(=O)(O)c1sc(F)c(Cl)c1F. The number of halogens is 3. The van der Waals surface area contributed by atoms with Crippen LogP contribution in [0, 0.1) is 10.9 Å². The van der Waals surface area contributed by atoms with Crippen molar-refractivity contribution in [2.75, 3.05) is 0 Å². The highest BCUT2D eigenvalue weighted by Gasteiger charge is 2.25. The van der Waals surface area contributed by atoms with E-state index in [1.807, 2.05) is 0 Å². The van der Waals surface area contributed by atoms with Gasteiger partial charge in [-0.15, -0.1) is 0 Å². The molecule has 0 unspecified atom stereocenters. The summed E-state index contributed by atoms with van der Waals surface area (Å²) in [6.45, 7) is 0. The Morgan fingerprint density at radius 2 is 1.92 bits per heavy atom. The van der Waals surface area contributed by atoms with Gasteiger partial charge in [-0.3, -0.25) is 4.55 Å². The summed E-state index contributed by atoms with van der Waals surface area (Å²) in [5.74, 6) is -1.46. The number of rotatable bonds is 1. The standard InChI is InChI=1S/C4HClF2O3S2/c5-1-2(6)4(11-3(1)7)12(8,9)10/h(H,8,9,10). The van der Waals surface area contributed by atoms with Gasteiger partial charge >= 0.3 is 10.1 Å². The number of thiophene rings is 1. The van der Waals surface area contributed by atoms with Crippen molar-refractivity contribution in [3.8, 4) is 0 Å². The Bertz CT molecular complexity index is 410. The normalized spacial score (nSPS) is 12.0. The molecule has 0 aliphatic rings. The van der Waals surface area contributed by atoms with Gasteiger partial charge in [-0.05, 0) is 0 Å². The minimum absolute atomic E-state index is 0.0637. The first-order valence-electron chi connectivity index (χ1n) is 2.45. The molecule has 1 heterocycles. The van der Waals surface area contributed by atoms with Gasteiger partial charge < -0.3 is 0 Å². The Hall–Kier alpha value is -0.240. The molecular formula is C4HClF2O3S2. The van der Waals surface area contributed by atoms with Crippen LogP contribution in [0.5, 0.6) is 0 Å². The van der Waals surface area contributed by atoms with Gasteiger partial charge in [0.1, 0.15) is 5.02 Å². The van der Waals surface area contributed by atoms with Crippen LogP contribution in [0.1, 0.15) is 0 Å². The second kappa shape index (κ2) is 2.91. The van der Waals surface area contributed by atoms with E-state index >= 15 is 0 Å². The molecule has 0 fully saturated rings. The number of hydrogen-bond donors (Lipinski definition) is 1. The third kappa shape index (κ3) is 1.58. The molecule has 0 aromatic carbocycles. The van der Waals surface area contributed by atoms with Crippen LogP contribution in [0.3, 0.4) is 0 Å². The molecule has 0 atom stereocenters. The molecule has 3 nitrogen and oxygen atoms in total. The zero-order valence-corrected chi connectivity index (χ0v) is 7.60. The van der Waals surface area contributed by atoms with Crippen LogP contribution in [0.25, 0.3) is 0 Å². The maximum absolute atomic E-state index is 12.6. The Kier molecular flexibility index (Phi) is 2.39. The van der Waals surface area contributed by atoms with Gasteiger partial charge in [-0.2, -0.15) is 12.8 Å². The summed E-state index contributed by atoms with van der Waals surface area (Å²) in [6.07, 6.45) is 0. The highest BCUT2D eigenvalue weighted by atomic mass is 35.5. The molecule has 0 saturated carbocycles. The maximum Gasteiger partial charge on any atom is 0.307 e. The van der Waals surface area contributed by atoms with E-state index in [0.717, 1.165) is 0 Å². The van der Waals surface area contributed by atoms with E-state index in [1.165, 1.54) is 0 Å². The maximum atomic E-state index is 12.6. The largest absolute Gasteiger partial charge is 0.307 e. The van der Waals surface area contributed by atoms with Crippen molar-refractivity contribution in [3.63, 3.8) is 0 Å². The van der Waals surface area contributed by atoms with E-state index < -0.39 is 30.3 Å². The van der Waals surface area contributed by atoms with E-state index in [2.05, 4.69) is 0 Å². The lowest BCUT2D eigenvalue weighted by atomic mass is 10.6. The zero-order valence-electron chi connectivity index (χ0n) is 5.21. The van der Waals surface area contributed by atoms with E-state index in [-0.39, 0.29) is 11.3 Å². The average molecular weight is 235 g/mol. The fourth-order valence-electron chi connectivity index (χ4n) is 0.513. The molecule has 0 aliphatic carbocycles. The average Bonchev–Trinajstić information content (AvgIpc) is 2.15. The van der Waals surface area contributed by atoms with Crippen molar-refractivity contribution in [3.05, 3.63) is 16.0 Å². The minimum Gasteiger partial charge on any atom is -0.281 e. The van der Waals surface area contributed by atoms with Crippen molar-refractivity contribution in [2.24, 2.45) is 0 Å². The molecule has 1 aromatic heterocycles. The van der Waals surface area contributed by atoms with Crippen LogP contribution >= 0.6 is 22.9 Å². The van der Waals surface area contributed by atoms with Crippen LogP contribution < -0.4 is 0 Å². The molecule has 1 rings (SSSR count). The second-order valence-corrected chi connectivity index (χ2v) is 4.73. The molecule has 12 heavy (non-hydrogen) atoms. The lowest BCUT2D eigenvalue weighted by Crippen LogP contribution is -1.96. The monoisotopic (exact) mass is 234 g/mol. The fourth-order valence-corrected chi connectivity index (χ4v) is 2.34. The Balaban J connectivity index is 3.48. The molecule has 0 amide bonds. The highest BCUT2D eigenvalue weighted by Crippen LogP contribution is 2.32. The number of hydrogen-bond acceptors (Lipinski definition) is 3. The van der Waals surface area contributed by atoms with Crippen LogP contribution in [0.2, 0.25) is 5.02 Å².